The maximum atomic E-state index is 3.65. The normalized spacial score (nSPS) is 23.2. The van der Waals surface area contributed by atoms with E-state index in [2.05, 4.69) is 52.1 Å². The molecule has 4 heteroatoms. The van der Waals surface area contributed by atoms with E-state index in [1.807, 2.05) is 11.3 Å². The maximum Gasteiger partial charge on any atom is 0.0701 e. The minimum absolute atomic E-state index is 0.485. The monoisotopic (exact) mass is 319 g/mol. The van der Waals surface area contributed by atoms with Crippen LogP contribution in [0, 0.1) is 0 Å². The summed E-state index contributed by atoms with van der Waals surface area (Å²) in [5.74, 6) is 1.35. The summed E-state index contributed by atoms with van der Waals surface area (Å²) in [4.78, 5) is 1.42. The number of nitrogens with one attached hydrogen (secondary N) is 1. The number of thioether (sulfide) groups is 1. The predicted octanol–water partition coefficient (Wildman–Crippen LogP) is 4.45. The summed E-state index contributed by atoms with van der Waals surface area (Å²) in [5.41, 5.74) is 0. The Hall–Kier alpha value is 0.490. The van der Waals surface area contributed by atoms with Crippen molar-refractivity contribution in [1.29, 1.82) is 0 Å². The molecule has 1 N–H and O–H groups in total. The molecule has 16 heavy (non-hydrogen) atoms. The molecule has 0 spiro atoms. The van der Waals surface area contributed by atoms with Crippen LogP contribution < -0.4 is 5.32 Å². The topological polar surface area (TPSA) is 12.0 Å². The van der Waals surface area contributed by atoms with Gasteiger partial charge in [0.2, 0.25) is 0 Å². The van der Waals surface area contributed by atoms with Gasteiger partial charge in [-0.25, -0.2) is 0 Å². The molecule has 0 aliphatic carbocycles. The molecule has 0 bridgehead atoms. The summed E-state index contributed by atoms with van der Waals surface area (Å²) in [5, 5.41) is 4.48. The molecule has 2 unspecified atom stereocenters. The Bertz CT molecular complexity index is 321. The number of rotatable bonds is 4. The van der Waals surface area contributed by atoms with E-state index < -0.39 is 0 Å². The van der Waals surface area contributed by atoms with Gasteiger partial charge in [-0.3, -0.25) is 0 Å². The van der Waals surface area contributed by atoms with Crippen LogP contribution in [0.25, 0.3) is 0 Å². The molecule has 1 aliphatic rings. The first kappa shape index (κ1) is 12.9. The molecule has 1 aliphatic heterocycles. The zero-order valence-corrected chi connectivity index (χ0v) is 12.8. The minimum Gasteiger partial charge on any atom is -0.308 e. The molecule has 0 radical (unpaired) electrons. The van der Waals surface area contributed by atoms with E-state index in [1.54, 1.807) is 0 Å². The molecule has 1 saturated heterocycles. The molecule has 2 heterocycles. The van der Waals surface area contributed by atoms with Crippen molar-refractivity contribution in [3.05, 3.63) is 20.8 Å². The lowest BCUT2D eigenvalue weighted by Gasteiger charge is -2.23. The van der Waals surface area contributed by atoms with Gasteiger partial charge in [0, 0.05) is 22.7 Å². The van der Waals surface area contributed by atoms with E-state index in [9.17, 15) is 0 Å². The van der Waals surface area contributed by atoms with Crippen molar-refractivity contribution in [3.8, 4) is 0 Å². The molecule has 1 aromatic heterocycles. The average Bonchev–Trinajstić information content (AvgIpc) is 2.74. The van der Waals surface area contributed by atoms with Crippen molar-refractivity contribution in [2.24, 2.45) is 0 Å². The third-order valence-corrected chi connectivity index (χ3v) is 6.15. The predicted molar refractivity (Wildman–Crippen MR) is 78.5 cm³/mol. The van der Waals surface area contributed by atoms with Gasteiger partial charge < -0.3 is 5.32 Å². The molecule has 1 nitrogen and oxygen atoms in total. The number of hydrogen-bond acceptors (Lipinski definition) is 3. The minimum atomic E-state index is 0.485. The zero-order valence-electron chi connectivity index (χ0n) is 9.54. The van der Waals surface area contributed by atoms with E-state index in [-0.39, 0.29) is 0 Å². The van der Waals surface area contributed by atoms with Crippen LogP contribution in [0.4, 0.5) is 0 Å². The maximum absolute atomic E-state index is 3.65. The van der Waals surface area contributed by atoms with Gasteiger partial charge in [-0.05, 0) is 53.6 Å². The van der Waals surface area contributed by atoms with Gasteiger partial charge >= 0.3 is 0 Å². The Balaban J connectivity index is 1.76. The third-order valence-electron chi connectivity index (χ3n) is 2.95. The van der Waals surface area contributed by atoms with Crippen LogP contribution in [-0.4, -0.2) is 17.5 Å². The van der Waals surface area contributed by atoms with Crippen LogP contribution in [0.1, 0.15) is 37.1 Å². The van der Waals surface area contributed by atoms with Gasteiger partial charge in [0.25, 0.3) is 0 Å². The van der Waals surface area contributed by atoms with E-state index in [0.717, 1.165) is 11.8 Å². The summed E-state index contributed by atoms with van der Waals surface area (Å²) in [6, 6.07) is 4.83. The lowest BCUT2D eigenvalue weighted by molar-refractivity contribution is 0.543. The van der Waals surface area contributed by atoms with E-state index >= 15 is 0 Å². The summed E-state index contributed by atoms with van der Waals surface area (Å²) in [6.07, 6.45) is 4.21. The SMILES string of the molecule is CC(NCC1CCCCS1)c1ccc(Br)s1. The smallest absolute Gasteiger partial charge is 0.0701 e. The zero-order chi connectivity index (χ0) is 11.4. The number of thiophene rings is 1. The second kappa shape index (κ2) is 6.43. The molecule has 2 atom stereocenters. The van der Waals surface area contributed by atoms with Crippen LogP contribution in [0.15, 0.2) is 15.9 Å². The standard InChI is InChI=1S/C12H18BrNS2/c1-9(11-5-6-12(13)16-11)14-8-10-4-2-3-7-15-10/h5-6,9-10,14H,2-4,7-8H2,1H3. The van der Waals surface area contributed by atoms with Crippen LogP contribution >= 0.6 is 39.0 Å². The summed E-state index contributed by atoms with van der Waals surface area (Å²) in [6.45, 7) is 3.41. The number of hydrogen-bond donors (Lipinski definition) is 1. The largest absolute Gasteiger partial charge is 0.308 e. The highest BCUT2D eigenvalue weighted by Gasteiger charge is 2.15. The van der Waals surface area contributed by atoms with Gasteiger partial charge in [0.1, 0.15) is 0 Å². The van der Waals surface area contributed by atoms with E-state index in [1.165, 1.54) is 33.7 Å². The van der Waals surface area contributed by atoms with Crippen molar-refractivity contribution in [2.75, 3.05) is 12.3 Å². The van der Waals surface area contributed by atoms with Crippen molar-refractivity contribution >= 4 is 39.0 Å². The summed E-state index contributed by atoms with van der Waals surface area (Å²) in [7, 11) is 0. The van der Waals surface area contributed by atoms with Crippen molar-refractivity contribution in [2.45, 2.75) is 37.5 Å². The lowest BCUT2D eigenvalue weighted by atomic mass is 10.2. The van der Waals surface area contributed by atoms with Crippen molar-refractivity contribution in [1.82, 2.24) is 5.32 Å². The van der Waals surface area contributed by atoms with Crippen LogP contribution in [0.5, 0.6) is 0 Å². The third kappa shape index (κ3) is 3.76. The average molecular weight is 320 g/mol. The molecular formula is C12H18BrNS2. The highest BCUT2D eigenvalue weighted by molar-refractivity contribution is 9.11. The van der Waals surface area contributed by atoms with Gasteiger partial charge in [-0.15, -0.1) is 11.3 Å². The first-order valence-corrected chi connectivity index (χ1v) is 8.52. The van der Waals surface area contributed by atoms with Crippen LogP contribution in [0.3, 0.4) is 0 Å². The fraction of sp³-hybridized carbons (Fsp3) is 0.667. The molecule has 1 aromatic rings. The molecule has 2 rings (SSSR count). The van der Waals surface area contributed by atoms with Gasteiger partial charge in [-0.1, -0.05) is 6.42 Å². The van der Waals surface area contributed by atoms with Crippen LogP contribution in [0.2, 0.25) is 0 Å². The molecule has 0 amide bonds. The lowest BCUT2D eigenvalue weighted by Crippen LogP contribution is -2.28. The van der Waals surface area contributed by atoms with Gasteiger partial charge in [0.05, 0.1) is 3.79 Å². The Morgan fingerprint density at radius 2 is 2.38 bits per heavy atom. The molecule has 0 saturated carbocycles. The quantitative estimate of drug-likeness (QED) is 0.880. The summed E-state index contributed by atoms with van der Waals surface area (Å²) >= 11 is 7.48. The van der Waals surface area contributed by atoms with Crippen LogP contribution in [-0.2, 0) is 0 Å². The Labute approximate surface area is 115 Å². The van der Waals surface area contributed by atoms with Gasteiger partial charge in [0.15, 0.2) is 0 Å². The van der Waals surface area contributed by atoms with Crippen molar-refractivity contribution in [3.63, 3.8) is 0 Å². The Morgan fingerprint density at radius 1 is 1.50 bits per heavy atom. The first-order valence-electron chi connectivity index (χ1n) is 5.86. The second-order valence-corrected chi connectivity index (χ2v) is 8.16. The highest BCUT2D eigenvalue weighted by Crippen LogP contribution is 2.28. The van der Waals surface area contributed by atoms with E-state index in [4.69, 9.17) is 0 Å². The van der Waals surface area contributed by atoms with E-state index in [0.29, 0.717) is 6.04 Å². The fourth-order valence-electron chi connectivity index (χ4n) is 1.94. The Morgan fingerprint density at radius 3 is 3.00 bits per heavy atom. The molecule has 1 fully saturated rings. The van der Waals surface area contributed by atoms with Gasteiger partial charge in [-0.2, -0.15) is 11.8 Å². The second-order valence-electron chi connectivity index (χ2n) is 4.26. The summed E-state index contributed by atoms with van der Waals surface area (Å²) < 4.78 is 1.23. The highest BCUT2D eigenvalue weighted by atomic mass is 79.9. The molecule has 0 aromatic carbocycles. The molecule has 90 valence electrons. The first-order chi connectivity index (χ1) is 7.75. The Kier molecular flexibility index (Phi) is 5.20. The molecular weight excluding hydrogens is 302 g/mol. The fourth-order valence-corrected chi connectivity index (χ4v) is 4.64. The van der Waals surface area contributed by atoms with Crippen molar-refractivity contribution < 1.29 is 0 Å². The number of halogens is 1.